The average molecular weight is 361 g/mol. The van der Waals surface area contributed by atoms with Crippen LogP contribution in [0.15, 0.2) is 47.4 Å². The fourth-order valence-electron chi connectivity index (χ4n) is 2.52. The Labute approximate surface area is 144 Å². The van der Waals surface area contributed by atoms with Crippen LogP contribution in [0.4, 0.5) is 13.2 Å². The molecule has 0 unspecified atom stereocenters. The Balaban J connectivity index is 1.97. The lowest BCUT2D eigenvalue weighted by Gasteiger charge is -2.08. The van der Waals surface area contributed by atoms with Crippen LogP contribution in [0.2, 0.25) is 0 Å². The molecule has 0 amide bonds. The molecule has 1 aromatic carbocycles. The number of ether oxygens (including phenoxy) is 1. The lowest BCUT2D eigenvalue weighted by Crippen LogP contribution is -2.05. The standard InChI is InChI=1S/C16H10F3N5O2/c1-25-14-5-4-13(22-23-14)24-12-3-2-9(16(17,18)19)6-10(12)21-15(24)11-7-26-8-20-11/h2-8H,1H3. The molecule has 26 heavy (non-hydrogen) atoms. The van der Waals surface area contributed by atoms with Crippen molar-refractivity contribution in [2.75, 3.05) is 7.11 Å². The summed E-state index contributed by atoms with van der Waals surface area (Å²) in [5.41, 5.74) is 0.139. The van der Waals surface area contributed by atoms with E-state index in [4.69, 9.17) is 9.15 Å². The summed E-state index contributed by atoms with van der Waals surface area (Å²) >= 11 is 0. The molecule has 0 atom stereocenters. The third kappa shape index (κ3) is 2.65. The second kappa shape index (κ2) is 5.83. The van der Waals surface area contributed by atoms with E-state index in [0.717, 1.165) is 12.1 Å². The van der Waals surface area contributed by atoms with Gasteiger partial charge in [0.25, 0.3) is 0 Å². The summed E-state index contributed by atoms with van der Waals surface area (Å²) in [4.78, 5) is 8.32. The molecule has 3 heterocycles. The van der Waals surface area contributed by atoms with Gasteiger partial charge in [-0.25, -0.2) is 9.97 Å². The van der Waals surface area contributed by atoms with Crippen molar-refractivity contribution < 1.29 is 22.3 Å². The minimum atomic E-state index is -4.47. The van der Waals surface area contributed by atoms with Gasteiger partial charge in [0, 0.05) is 6.07 Å². The molecular weight excluding hydrogens is 351 g/mol. The van der Waals surface area contributed by atoms with Gasteiger partial charge in [-0.2, -0.15) is 13.2 Å². The highest BCUT2D eigenvalue weighted by Gasteiger charge is 2.31. The van der Waals surface area contributed by atoms with Crippen LogP contribution in [0.1, 0.15) is 5.56 Å². The Kier molecular flexibility index (Phi) is 3.60. The number of imidazole rings is 1. The Bertz CT molecular complexity index is 1060. The van der Waals surface area contributed by atoms with Gasteiger partial charge in [-0.15, -0.1) is 10.2 Å². The minimum Gasteiger partial charge on any atom is -0.480 e. The van der Waals surface area contributed by atoms with Crippen molar-refractivity contribution in [3.05, 3.63) is 48.6 Å². The van der Waals surface area contributed by atoms with E-state index in [-0.39, 0.29) is 11.3 Å². The van der Waals surface area contributed by atoms with E-state index < -0.39 is 11.7 Å². The zero-order valence-corrected chi connectivity index (χ0v) is 13.2. The first-order valence-corrected chi connectivity index (χ1v) is 7.34. The fraction of sp³-hybridized carbons (Fsp3) is 0.125. The van der Waals surface area contributed by atoms with Crippen LogP contribution in [0, 0.1) is 0 Å². The number of hydrogen-bond acceptors (Lipinski definition) is 6. The third-order valence-corrected chi connectivity index (χ3v) is 3.71. The van der Waals surface area contributed by atoms with Crippen LogP contribution in [-0.2, 0) is 6.18 Å². The number of benzene rings is 1. The number of fused-ring (bicyclic) bond motifs is 1. The van der Waals surface area contributed by atoms with Gasteiger partial charge in [-0.3, -0.25) is 4.57 Å². The Morgan fingerprint density at radius 3 is 2.58 bits per heavy atom. The highest BCUT2D eigenvalue weighted by atomic mass is 19.4. The predicted octanol–water partition coefficient (Wildman–Crippen LogP) is 3.50. The Morgan fingerprint density at radius 1 is 1.12 bits per heavy atom. The molecule has 132 valence electrons. The summed E-state index contributed by atoms with van der Waals surface area (Å²) in [6.07, 6.45) is -1.91. The van der Waals surface area contributed by atoms with Crippen molar-refractivity contribution in [1.82, 2.24) is 24.7 Å². The van der Waals surface area contributed by atoms with E-state index in [2.05, 4.69) is 20.2 Å². The van der Waals surface area contributed by atoms with Gasteiger partial charge in [0.15, 0.2) is 18.0 Å². The molecule has 4 aromatic rings. The molecular formula is C16H10F3N5O2. The highest BCUT2D eigenvalue weighted by Crippen LogP contribution is 2.33. The maximum atomic E-state index is 13.0. The molecule has 0 spiro atoms. The summed E-state index contributed by atoms with van der Waals surface area (Å²) < 4.78 is 50.5. The Hall–Kier alpha value is -3.43. The summed E-state index contributed by atoms with van der Waals surface area (Å²) in [6.45, 7) is 0. The van der Waals surface area contributed by atoms with Crippen LogP contribution in [0.3, 0.4) is 0 Å². The number of rotatable bonds is 3. The summed E-state index contributed by atoms with van der Waals surface area (Å²) in [7, 11) is 1.45. The quantitative estimate of drug-likeness (QED) is 0.556. The first-order valence-electron chi connectivity index (χ1n) is 7.34. The summed E-state index contributed by atoms with van der Waals surface area (Å²) in [5, 5.41) is 7.95. The van der Waals surface area contributed by atoms with Crippen molar-refractivity contribution in [1.29, 1.82) is 0 Å². The SMILES string of the molecule is COc1ccc(-n2c(-c3cocn3)nc3cc(C(F)(F)F)ccc32)nn1. The lowest BCUT2D eigenvalue weighted by molar-refractivity contribution is -0.137. The second-order valence-corrected chi connectivity index (χ2v) is 5.28. The van der Waals surface area contributed by atoms with E-state index in [1.807, 2.05) is 0 Å². The molecule has 0 saturated heterocycles. The van der Waals surface area contributed by atoms with Crippen molar-refractivity contribution in [2.45, 2.75) is 6.18 Å². The van der Waals surface area contributed by atoms with Crippen LogP contribution in [0.5, 0.6) is 5.88 Å². The third-order valence-electron chi connectivity index (χ3n) is 3.71. The van der Waals surface area contributed by atoms with E-state index in [0.29, 0.717) is 22.9 Å². The first-order chi connectivity index (χ1) is 12.5. The molecule has 3 aromatic heterocycles. The van der Waals surface area contributed by atoms with Gasteiger partial charge >= 0.3 is 6.18 Å². The van der Waals surface area contributed by atoms with Gasteiger partial charge in [-0.1, -0.05) is 0 Å². The number of methoxy groups -OCH3 is 1. The molecule has 0 aliphatic rings. The van der Waals surface area contributed by atoms with Crippen LogP contribution in [0.25, 0.3) is 28.4 Å². The van der Waals surface area contributed by atoms with Crippen molar-refractivity contribution in [3.63, 3.8) is 0 Å². The fourth-order valence-corrected chi connectivity index (χ4v) is 2.52. The van der Waals surface area contributed by atoms with Crippen molar-refractivity contribution in [2.24, 2.45) is 0 Å². The molecule has 0 N–H and O–H groups in total. The number of aromatic nitrogens is 5. The van der Waals surface area contributed by atoms with E-state index in [1.165, 1.54) is 25.8 Å². The summed E-state index contributed by atoms with van der Waals surface area (Å²) in [5.74, 6) is 0.944. The molecule has 0 radical (unpaired) electrons. The largest absolute Gasteiger partial charge is 0.480 e. The normalized spacial score (nSPS) is 11.8. The maximum absolute atomic E-state index is 13.0. The highest BCUT2D eigenvalue weighted by molar-refractivity contribution is 5.82. The van der Waals surface area contributed by atoms with E-state index in [1.54, 1.807) is 16.7 Å². The van der Waals surface area contributed by atoms with Gasteiger partial charge < -0.3 is 9.15 Å². The molecule has 7 nitrogen and oxygen atoms in total. The number of halogens is 3. The predicted molar refractivity (Wildman–Crippen MR) is 83.7 cm³/mol. The number of oxazole rings is 1. The molecule has 0 bridgehead atoms. The first kappa shape index (κ1) is 16.1. The minimum absolute atomic E-state index is 0.149. The molecule has 0 aliphatic carbocycles. The zero-order chi connectivity index (χ0) is 18.3. The van der Waals surface area contributed by atoms with Gasteiger partial charge in [0.2, 0.25) is 5.88 Å². The van der Waals surface area contributed by atoms with Gasteiger partial charge in [-0.05, 0) is 24.3 Å². The van der Waals surface area contributed by atoms with Crippen molar-refractivity contribution >= 4 is 11.0 Å². The number of nitrogens with zero attached hydrogens (tertiary/aromatic N) is 5. The molecule has 0 fully saturated rings. The average Bonchev–Trinajstić information content (AvgIpc) is 3.28. The van der Waals surface area contributed by atoms with E-state index in [9.17, 15) is 13.2 Å². The van der Waals surface area contributed by atoms with Gasteiger partial charge in [0.1, 0.15) is 12.0 Å². The van der Waals surface area contributed by atoms with Crippen LogP contribution >= 0.6 is 0 Å². The number of hydrogen-bond donors (Lipinski definition) is 0. The molecule has 0 saturated carbocycles. The second-order valence-electron chi connectivity index (χ2n) is 5.28. The van der Waals surface area contributed by atoms with Crippen LogP contribution in [-0.4, -0.2) is 31.8 Å². The van der Waals surface area contributed by atoms with Gasteiger partial charge in [0.05, 0.1) is 23.7 Å². The topological polar surface area (TPSA) is 78.9 Å². The van der Waals surface area contributed by atoms with Crippen LogP contribution < -0.4 is 4.74 Å². The molecule has 4 rings (SSSR count). The Morgan fingerprint density at radius 2 is 1.96 bits per heavy atom. The smallest absolute Gasteiger partial charge is 0.416 e. The monoisotopic (exact) mass is 361 g/mol. The van der Waals surface area contributed by atoms with E-state index >= 15 is 0 Å². The maximum Gasteiger partial charge on any atom is 0.416 e. The molecule has 0 aliphatic heterocycles. The summed E-state index contributed by atoms with van der Waals surface area (Å²) in [6, 6.07) is 6.51. The molecule has 10 heteroatoms. The zero-order valence-electron chi connectivity index (χ0n) is 13.2. The number of alkyl halides is 3. The lowest BCUT2D eigenvalue weighted by atomic mass is 10.2. The van der Waals surface area contributed by atoms with Crippen molar-refractivity contribution in [3.8, 4) is 23.2 Å².